The third-order valence-electron chi connectivity index (χ3n) is 3.57. The molecular weight excluding hydrogens is 380 g/mol. The topological polar surface area (TPSA) is 76.7 Å². The molecule has 0 heterocycles. The summed E-state index contributed by atoms with van der Waals surface area (Å²) in [5.41, 5.74) is 5.68. The first-order valence-electron chi connectivity index (χ1n) is 8.97. The Morgan fingerprint density at radius 2 is 1.82 bits per heavy atom. The van der Waals surface area contributed by atoms with Crippen molar-refractivity contribution in [1.82, 2.24) is 10.9 Å². The van der Waals surface area contributed by atoms with Crippen LogP contribution >= 0.6 is 11.6 Å². The van der Waals surface area contributed by atoms with E-state index >= 15 is 0 Å². The fourth-order valence-electron chi connectivity index (χ4n) is 2.27. The highest BCUT2D eigenvalue weighted by Crippen LogP contribution is 2.29. The monoisotopic (exact) mass is 402 g/mol. The van der Waals surface area contributed by atoms with Gasteiger partial charge in [0.15, 0.2) is 11.5 Å². The summed E-state index contributed by atoms with van der Waals surface area (Å²) in [7, 11) is 0. The van der Waals surface area contributed by atoms with Crippen molar-refractivity contribution in [2.75, 3.05) is 13.2 Å². The Hall–Kier alpha value is -2.99. The summed E-state index contributed by atoms with van der Waals surface area (Å²) in [4.78, 5) is 24.0. The Balaban J connectivity index is 1.96. The normalized spacial score (nSPS) is 10.5. The van der Waals surface area contributed by atoms with Crippen LogP contribution in [0.15, 0.2) is 48.5 Å². The number of hydrogen-bond acceptors (Lipinski definition) is 4. The molecular formula is C21H23ClN2O4. The molecule has 0 aliphatic rings. The van der Waals surface area contributed by atoms with E-state index in [0.717, 1.165) is 12.0 Å². The molecule has 0 aliphatic carbocycles. The number of amides is 2. The minimum Gasteiger partial charge on any atom is -0.490 e. The quantitative estimate of drug-likeness (QED) is 0.516. The Labute approximate surface area is 169 Å². The molecule has 0 aliphatic heterocycles. The summed E-state index contributed by atoms with van der Waals surface area (Å²) >= 11 is 5.95. The van der Waals surface area contributed by atoms with Crippen molar-refractivity contribution in [2.24, 2.45) is 0 Å². The smallest absolute Gasteiger partial charge is 0.271 e. The number of hydrogen-bond donors (Lipinski definition) is 2. The van der Waals surface area contributed by atoms with Crippen LogP contribution in [-0.4, -0.2) is 25.0 Å². The highest BCUT2D eigenvalue weighted by atomic mass is 35.5. The minimum absolute atomic E-state index is 0.275. The van der Waals surface area contributed by atoms with Gasteiger partial charge in [0.05, 0.1) is 23.8 Å². The van der Waals surface area contributed by atoms with Crippen molar-refractivity contribution in [3.8, 4) is 11.5 Å². The first-order chi connectivity index (χ1) is 13.5. The average Bonchev–Trinajstić information content (AvgIpc) is 2.70. The summed E-state index contributed by atoms with van der Waals surface area (Å²) in [6, 6.07) is 12.0. The van der Waals surface area contributed by atoms with Crippen molar-refractivity contribution < 1.29 is 19.1 Å². The zero-order valence-electron chi connectivity index (χ0n) is 15.8. The zero-order valence-corrected chi connectivity index (χ0v) is 16.6. The zero-order chi connectivity index (χ0) is 20.4. The molecule has 6 nitrogen and oxygen atoms in total. The molecule has 2 N–H and O–H groups in total. The Morgan fingerprint density at radius 1 is 1.04 bits per heavy atom. The molecule has 2 aromatic carbocycles. The Morgan fingerprint density at radius 3 is 2.54 bits per heavy atom. The van der Waals surface area contributed by atoms with Crippen LogP contribution in [0.2, 0.25) is 5.02 Å². The highest BCUT2D eigenvalue weighted by Gasteiger charge is 2.10. The molecule has 0 bridgehead atoms. The number of nitrogens with one attached hydrogen (secondary N) is 2. The van der Waals surface area contributed by atoms with E-state index in [9.17, 15) is 9.59 Å². The number of carbonyl (C=O) groups is 2. The van der Waals surface area contributed by atoms with Gasteiger partial charge in [0.2, 0.25) is 0 Å². The van der Waals surface area contributed by atoms with Crippen LogP contribution in [-0.2, 0) is 4.79 Å². The summed E-state index contributed by atoms with van der Waals surface area (Å²) < 4.78 is 11.2. The summed E-state index contributed by atoms with van der Waals surface area (Å²) in [6.45, 7) is 5.02. The molecule has 0 unspecified atom stereocenters. The van der Waals surface area contributed by atoms with Crippen molar-refractivity contribution in [1.29, 1.82) is 0 Å². The van der Waals surface area contributed by atoms with Gasteiger partial charge in [0.1, 0.15) is 0 Å². The molecule has 148 valence electrons. The molecule has 28 heavy (non-hydrogen) atoms. The van der Waals surface area contributed by atoms with E-state index in [1.807, 2.05) is 19.9 Å². The maximum atomic E-state index is 12.0. The van der Waals surface area contributed by atoms with E-state index in [-0.39, 0.29) is 5.56 Å². The van der Waals surface area contributed by atoms with Crippen LogP contribution in [0, 0.1) is 0 Å². The molecule has 0 aromatic heterocycles. The van der Waals surface area contributed by atoms with E-state index in [1.54, 1.807) is 42.5 Å². The van der Waals surface area contributed by atoms with E-state index in [4.69, 9.17) is 21.1 Å². The lowest BCUT2D eigenvalue weighted by atomic mass is 10.2. The SMILES string of the molecule is CCCOc1ccc(/C=C/C(=O)NNC(=O)c2ccccc2Cl)cc1OCC. The number of benzene rings is 2. The summed E-state index contributed by atoms with van der Waals surface area (Å²) in [5, 5.41) is 0.304. The van der Waals surface area contributed by atoms with Gasteiger partial charge < -0.3 is 9.47 Å². The third-order valence-corrected chi connectivity index (χ3v) is 3.90. The van der Waals surface area contributed by atoms with Gasteiger partial charge in [-0.2, -0.15) is 0 Å². The van der Waals surface area contributed by atoms with Crippen LogP contribution in [0.3, 0.4) is 0 Å². The van der Waals surface area contributed by atoms with Gasteiger partial charge in [-0.25, -0.2) is 0 Å². The highest BCUT2D eigenvalue weighted by molar-refractivity contribution is 6.33. The van der Waals surface area contributed by atoms with Gasteiger partial charge >= 0.3 is 0 Å². The van der Waals surface area contributed by atoms with Crippen molar-refractivity contribution in [2.45, 2.75) is 20.3 Å². The number of rotatable bonds is 8. The van der Waals surface area contributed by atoms with Gasteiger partial charge in [-0.3, -0.25) is 20.4 Å². The second-order valence-corrected chi connectivity index (χ2v) is 6.15. The predicted octanol–water partition coefficient (Wildman–Crippen LogP) is 4.00. The first-order valence-corrected chi connectivity index (χ1v) is 9.35. The Kier molecular flexibility index (Phi) is 8.37. The van der Waals surface area contributed by atoms with Crippen molar-refractivity contribution in [3.05, 3.63) is 64.7 Å². The maximum absolute atomic E-state index is 12.0. The third kappa shape index (κ3) is 6.32. The maximum Gasteiger partial charge on any atom is 0.271 e. The molecule has 2 amide bonds. The summed E-state index contributed by atoms with van der Waals surface area (Å²) in [5.74, 6) is 0.302. The van der Waals surface area contributed by atoms with Crippen molar-refractivity contribution in [3.63, 3.8) is 0 Å². The average molecular weight is 403 g/mol. The lowest BCUT2D eigenvalue weighted by Crippen LogP contribution is -2.40. The van der Waals surface area contributed by atoms with Crippen LogP contribution < -0.4 is 20.3 Å². The molecule has 7 heteroatoms. The van der Waals surface area contributed by atoms with E-state index < -0.39 is 11.8 Å². The largest absolute Gasteiger partial charge is 0.490 e. The predicted molar refractivity (Wildman–Crippen MR) is 109 cm³/mol. The van der Waals surface area contributed by atoms with E-state index in [0.29, 0.717) is 29.7 Å². The standard InChI is InChI=1S/C21H23ClN2O4/c1-3-13-28-18-11-9-15(14-19(18)27-4-2)10-12-20(25)23-24-21(26)16-7-5-6-8-17(16)22/h5-12,14H,3-4,13H2,1-2H3,(H,23,25)(H,24,26)/b12-10+. The van der Waals surface area contributed by atoms with Gasteiger partial charge in [-0.15, -0.1) is 0 Å². The van der Waals surface area contributed by atoms with Crippen molar-refractivity contribution >= 4 is 29.5 Å². The second kappa shape index (κ2) is 11.0. The molecule has 0 fully saturated rings. The number of ether oxygens (including phenoxy) is 2. The number of hydrazine groups is 1. The van der Waals surface area contributed by atoms with Crippen LogP contribution in [0.1, 0.15) is 36.2 Å². The molecule has 0 saturated heterocycles. The summed E-state index contributed by atoms with van der Waals surface area (Å²) in [6.07, 6.45) is 3.82. The fraction of sp³-hybridized carbons (Fsp3) is 0.238. The second-order valence-electron chi connectivity index (χ2n) is 5.74. The van der Waals surface area contributed by atoms with Gasteiger partial charge in [-0.05, 0) is 49.2 Å². The lowest BCUT2D eigenvalue weighted by Gasteiger charge is -2.12. The lowest BCUT2D eigenvalue weighted by molar-refractivity contribution is -0.117. The first kappa shape index (κ1) is 21.3. The molecule has 2 rings (SSSR count). The Bertz CT molecular complexity index is 852. The molecule has 0 radical (unpaired) electrons. The van der Waals surface area contributed by atoms with Gasteiger partial charge in [0.25, 0.3) is 11.8 Å². The van der Waals surface area contributed by atoms with Crippen LogP contribution in [0.25, 0.3) is 6.08 Å². The van der Waals surface area contributed by atoms with E-state index in [1.165, 1.54) is 6.08 Å². The number of carbonyl (C=O) groups excluding carboxylic acids is 2. The van der Waals surface area contributed by atoms with Crippen LogP contribution in [0.5, 0.6) is 11.5 Å². The van der Waals surface area contributed by atoms with E-state index in [2.05, 4.69) is 10.9 Å². The molecule has 0 spiro atoms. The molecule has 0 saturated carbocycles. The number of halogens is 1. The van der Waals surface area contributed by atoms with Crippen LogP contribution in [0.4, 0.5) is 0 Å². The molecule has 0 atom stereocenters. The molecule has 2 aromatic rings. The van der Waals surface area contributed by atoms with Gasteiger partial charge in [-0.1, -0.05) is 36.7 Å². The fourth-order valence-corrected chi connectivity index (χ4v) is 2.49. The minimum atomic E-state index is -0.497. The van der Waals surface area contributed by atoms with Gasteiger partial charge in [0, 0.05) is 6.08 Å².